The third-order valence-corrected chi connectivity index (χ3v) is 4.39. The van der Waals surface area contributed by atoms with Gasteiger partial charge < -0.3 is 21.1 Å². The monoisotopic (exact) mass is 377 g/mol. The fourth-order valence-electron chi connectivity index (χ4n) is 1.90. The summed E-state index contributed by atoms with van der Waals surface area (Å²) < 4.78 is 33.9. The van der Waals surface area contributed by atoms with Crippen LogP contribution in [-0.2, 0) is 10.1 Å². The molecule has 0 aliphatic heterocycles. The number of rotatable bonds is 4. The predicted octanol–water partition coefficient (Wildman–Crippen LogP) is -2.73. The molecule has 2 atom stereocenters. The molecule has 0 heterocycles. The molecule has 0 bridgehead atoms. The van der Waals surface area contributed by atoms with E-state index in [4.69, 9.17) is 11.5 Å². The molecule has 0 fully saturated rings. The summed E-state index contributed by atoms with van der Waals surface area (Å²) in [4.78, 5) is 6.73. The van der Waals surface area contributed by atoms with Gasteiger partial charge in [-0.3, -0.25) is 10.1 Å². The molecular weight excluding hydrogens is 365 g/mol. The molecule has 0 saturated carbocycles. The van der Waals surface area contributed by atoms with Crippen LogP contribution in [0.1, 0.15) is 0 Å². The van der Waals surface area contributed by atoms with E-state index in [0.29, 0.717) is 17.8 Å². The fraction of sp³-hybridized carbons (Fsp3) is 0.167. The minimum absolute atomic E-state index is 0. The number of nitrogens with two attached hydrogens (primary N) is 2. The first-order chi connectivity index (χ1) is 11.1. The maximum Gasteiger partial charge on any atom is 1.00 e. The minimum Gasteiger partial charge on any atom is -0.742 e. The molecule has 1 aromatic carbocycles. The second-order valence-corrected chi connectivity index (χ2v) is 6.42. The summed E-state index contributed by atoms with van der Waals surface area (Å²) in [6.07, 6.45) is 0.241. The quantitative estimate of drug-likeness (QED) is 0.0955. The molecular formula is C12H12N5NaO6S. The molecule has 0 amide bonds. The fourth-order valence-corrected chi connectivity index (χ4v) is 2.59. The van der Waals surface area contributed by atoms with Gasteiger partial charge in [0.2, 0.25) is 0 Å². The van der Waals surface area contributed by atoms with E-state index in [0.717, 1.165) is 6.08 Å². The van der Waals surface area contributed by atoms with Gasteiger partial charge >= 0.3 is 34.4 Å². The second-order valence-electron chi connectivity index (χ2n) is 4.85. The van der Waals surface area contributed by atoms with Gasteiger partial charge in [0.1, 0.15) is 17.5 Å². The summed E-state index contributed by atoms with van der Waals surface area (Å²) in [5.41, 5.74) is 11.4. The SMILES string of the molecule is Nc1ccc(/N=N/C2=CC([N+](=O)[O-])(S(=O)(=O)[O-])C=CC2O)c(N)c1.[Na+]. The largest absolute Gasteiger partial charge is 1.00 e. The van der Waals surface area contributed by atoms with Crippen LogP contribution >= 0.6 is 0 Å². The van der Waals surface area contributed by atoms with E-state index in [1.807, 2.05) is 0 Å². The van der Waals surface area contributed by atoms with E-state index in [2.05, 4.69) is 10.2 Å². The van der Waals surface area contributed by atoms with E-state index in [-0.39, 0.29) is 40.9 Å². The number of aliphatic hydroxyl groups is 1. The molecule has 2 unspecified atom stereocenters. The van der Waals surface area contributed by atoms with Gasteiger partial charge in [-0.15, -0.1) is 5.11 Å². The zero-order valence-corrected chi connectivity index (χ0v) is 15.8. The van der Waals surface area contributed by atoms with Crippen LogP contribution in [0.2, 0.25) is 0 Å². The Morgan fingerprint density at radius 2 is 1.92 bits per heavy atom. The molecule has 5 N–H and O–H groups in total. The summed E-state index contributed by atoms with van der Waals surface area (Å²) in [7, 11) is -5.41. The van der Waals surface area contributed by atoms with Crippen LogP contribution in [0.15, 0.2) is 52.4 Å². The van der Waals surface area contributed by atoms with E-state index < -0.39 is 31.7 Å². The van der Waals surface area contributed by atoms with Crippen molar-refractivity contribution in [1.29, 1.82) is 0 Å². The Kier molecular flexibility index (Phi) is 6.44. The molecule has 1 aromatic rings. The van der Waals surface area contributed by atoms with Crippen molar-refractivity contribution in [3.05, 3.63) is 52.2 Å². The molecule has 0 radical (unpaired) electrons. The topological polar surface area (TPSA) is 197 Å². The van der Waals surface area contributed by atoms with Crippen LogP contribution in [0, 0.1) is 10.1 Å². The molecule has 25 heavy (non-hydrogen) atoms. The van der Waals surface area contributed by atoms with Crippen molar-refractivity contribution < 1.29 is 52.6 Å². The van der Waals surface area contributed by atoms with Gasteiger partial charge in [0.05, 0.1) is 10.6 Å². The van der Waals surface area contributed by atoms with Gasteiger partial charge in [0.15, 0.2) is 10.1 Å². The smallest absolute Gasteiger partial charge is 0.742 e. The summed E-state index contributed by atoms with van der Waals surface area (Å²) in [5.74, 6) is 0. The molecule has 128 valence electrons. The van der Waals surface area contributed by atoms with Crippen molar-refractivity contribution in [2.45, 2.75) is 11.0 Å². The van der Waals surface area contributed by atoms with Gasteiger partial charge in [-0.05, 0) is 24.3 Å². The standard InChI is InChI=1S/C12H13N5O6S.Na/c13-7-1-2-9(8(14)5-7)15-16-10-6-12(17(19)20,24(21,22)23)4-3-11(10)18;/h1-6,11,18H,13-14H2,(H,21,22,23);/q;+1/p-1/b16-15+;. The third kappa shape index (κ3) is 4.23. The summed E-state index contributed by atoms with van der Waals surface area (Å²) >= 11 is 0. The van der Waals surface area contributed by atoms with Crippen LogP contribution in [0.4, 0.5) is 17.1 Å². The van der Waals surface area contributed by atoms with Crippen molar-refractivity contribution in [3.8, 4) is 0 Å². The molecule has 1 aliphatic carbocycles. The summed E-state index contributed by atoms with van der Waals surface area (Å²) in [5, 5.41) is 28.1. The van der Waals surface area contributed by atoms with E-state index >= 15 is 0 Å². The summed E-state index contributed by atoms with van der Waals surface area (Å²) in [6.45, 7) is 0. The number of hydrogen-bond acceptors (Lipinski definition) is 10. The van der Waals surface area contributed by atoms with Gasteiger partial charge in [0, 0.05) is 17.8 Å². The maximum atomic E-state index is 11.3. The zero-order chi connectivity index (χ0) is 18.1. The minimum atomic E-state index is -5.41. The number of nitrogens with zero attached hydrogens (tertiary/aromatic N) is 3. The Bertz CT molecular complexity index is 884. The predicted molar refractivity (Wildman–Crippen MR) is 82.4 cm³/mol. The molecule has 11 nitrogen and oxygen atoms in total. The molecule has 1 aliphatic rings. The number of benzene rings is 1. The first kappa shape index (κ1) is 21.2. The molecule has 0 aromatic heterocycles. The van der Waals surface area contributed by atoms with Crippen molar-refractivity contribution in [2.75, 3.05) is 11.5 Å². The number of hydrogen-bond donors (Lipinski definition) is 3. The Morgan fingerprint density at radius 1 is 1.28 bits per heavy atom. The Hall–Kier alpha value is -1.83. The van der Waals surface area contributed by atoms with Crippen molar-refractivity contribution >= 4 is 27.2 Å². The average molecular weight is 377 g/mol. The number of nitro groups is 1. The number of nitrogen functional groups attached to an aromatic ring is 2. The maximum absolute atomic E-state index is 11.3. The molecule has 2 rings (SSSR count). The molecule has 0 saturated heterocycles. The molecule has 13 heteroatoms. The Labute approximate surface area is 164 Å². The Morgan fingerprint density at radius 3 is 2.44 bits per heavy atom. The van der Waals surface area contributed by atoms with E-state index in [1.54, 1.807) is 0 Å². The van der Waals surface area contributed by atoms with Crippen LogP contribution < -0.4 is 41.0 Å². The first-order valence-corrected chi connectivity index (χ1v) is 7.74. The van der Waals surface area contributed by atoms with Crippen LogP contribution in [0.25, 0.3) is 0 Å². The summed E-state index contributed by atoms with van der Waals surface area (Å²) in [6, 6.07) is 4.27. The van der Waals surface area contributed by atoms with Crippen molar-refractivity contribution in [2.24, 2.45) is 10.2 Å². The van der Waals surface area contributed by atoms with Crippen molar-refractivity contribution in [1.82, 2.24) is 0 Å². The normalized spacial score (nSPS) is 23.1. The number of aliphatic hydroxyl groups excluding tert-OH is 1. The van der Waals surface area contributed by atoms with E-state index in [9.17, 15) is 28.2 Å². The number of anilines is 2. The van der Waals surface area contributed by atoms with Crippen LogP contribution in [0.3, 0.4) is 0 Å². The zero-order valence-electron chi connectivity index (χ0n) is 12.9. The van der Waals surface area contributed by atoms with Crippen LogP contribution in [0.5, 0.6) is 0 Å². The molecule has 0 spiro atoms. The first-order valence-electron chi connectivity index (χ1n) is 6.34. The van der Waals surface area contributed by atoms with Gasteiger partial charge in [-0.25, -0.2) is 8.42 Å². The van der Waals surface area contributed by atoms with Crippen LogP contribution in [-0.4, -0.2) is 34.0 Å². The van der Waals surface area contributed by atoms with Crippen molar-refractivity contribution in [3.63, 3.8) is 0 Å². The third-order valence-electron chi connectivity index (χ3n) is 3.19. The van der Waals surface area contributed by atoms with Gasteiger partial charge in [0.25, 0.3) is 0 Å². The van der Waals surface area contributed by atoms with Gasteiger partial charge in [-0.1, -0.05) is 0 Å². The van der Waals surface area contributed by atoms with E-state index in [1.165, 1.54) is 18.2 Å². The average Bonchev–Trinajstić information content (AvgIpc) is 2.46. The Balaban J connectivity index is 0.00000312. The second kappa shape index (κ2) is 7.59. The number of azo groups is 1. The van der Waals surface area contributed by atoms with Gasteiger partial charge in [-0.2, -0.15) is 5.11 Å².